The number of carbonyl (C=O) groups excluding carboxylic acids is 1. The summed E-state index contributed by atoms with van der Waals surface area (Å²) < 4.78 is 25.1. The molecule has 0 radical (unpaired) electrons. The number of hydrogen-bond acceptors (Lipinski definition) is 5. The molecule has 0 saturated carbocycles. The zero-order valence-corrected chi connectivity index (χ0v) is 17.1. The second-order valence-electron chi connectivity index (χ2n) is 6.53. The number of hydrogen-bond donors (Lipinski definition) is 1. The van der Waals surface area contributed by atoms with Crippen LogP contribution in [0.1, 0.15) is 53.0 Å². The molecule has 6 nitrogen and oxygen atoms in total. The second kappa shape index (κ2) is 10.5. The molecule has 1 unspecified atom stereocenters. The molecule has 0 fully saturated rings. The third-order valence-electron chi connectivity index (χ3n) is 4.00. The molecule has 1 aromatic rings. The van der Waals surface area contributed by atoms with Crippen LogP contribution in [0.3, 0.4) is 0 Å². The zero-order valence-electron chi connectivity index (χ0n) is 16.1. The van der Waals surface area contributed by atoms with Crippen LogP contribution in [0.2, 0.25) is 0 Å². The Hall–Kier alpha value is -1.49. The molecule has 1 atom stereocenters. The van der Waals surface area contributed by atoms with Crippen molar-refractivity contribution in [1.29, 1.82) is 0 Å². The van der Waals surface area contributed by atoms with Gasteiger partial charge in [-0.2, -0.15) is 4.89 Å². The van der Waals surface area contributed by atoms with Crippen molar-refractivity contribution in [3.05, 3.63) is 23.8 Å². The van der Waals surface area contributed by atoms with E-state index in [-0.39, 0.29) is 5.97 Å². The molecule has 7 heteroatoms. The van der Waals surface area contributed by atoms with Crippen LogP contribution in [0.15, 0.2) is 18.2 Å². The smallest absolute Gasteiger partial charge is 0.491 e. The highest BCUT2D eigenvalue weighted by Crippen LogP contribution is 2.37. The number of methoxy groups -OCH3 is 2. The largest absolute Gasteiger partial charge is 0.497 e. The molecule has 0 aromatic heterocycles. The summed E-state index contributed by atoms with van der Waals surface area (Å²) in [5.74, 6) is 0.859. The van der Waals surface area contributed by atoms with Crippen molar-refractivity contribution >= 4 is 14.7 Å². The summed E-state index contributed by atoms with van der Waals surface area (Å²) in [6.45, 7) is 9.64. The highest BCUT2D eigenvalue weighted by molar-refractivity contribution is 7.16. The van der Waals surface area contributed by atoms with Crippen LogP contribution in [-0.4, -0.2) is 25.1 Å². The van der Waals surface area contributed by atoms with Gasteiger partial charge in [0.15, 0.2) is 0 Å². The Morgan fingerprint density at radius 3 is 1.92 bits per heavy atom. The van der Waals surface area contributed by atoms with Crippen LogP contribution in [0.25, 0.3) is 0 Å². The molecular weight excluding hydrogens is 343 g/mol. The van der Waals surface area contributed by atoms with Gasteiger partial charge in [-0.25, -0.2) is 0 Å². The third kappa shape index (κ3) is 6.73. The molecule has 0 aliphatic carbocycles. The van der Waals surface area contributed by atoms with Crippen molar-refractivity contribution in [2.75, 3.05) is 14.2 Å². The van der Waals surface area contributed by atoms with Crippen LogP contribution >= 0.6 is 8.69 Å². The van der Waals surface area contributed by atoms with E-state index in [4.69, 9.17) is 23.7 Å². The maximum absolute atomic E-state index is 12.1. The van der Waals surface area contributed by atoms with Crippen molar-refractivity contribution in [3.63, 3.8) is 0 Å². The van der Waals surface area contributed by atoms with E-state index in [0.717, 1.165) is 18.4 Å². The van der Waals surface area contributed by atoms with Gasteiger partial charge in [0.1, 0.15) is 11.5 Å². The van der Waals surface area contributed by atoms with Crippen LogP contribution in [0, 0.1) is 5.41 Å². The molecule has 0 bridgehead atoms. The third-order valence-corrected chi connectivity index (χ3v) is 4.00. The van der Waals surface area contributed by atoms with E-state index in [1.165, 1.54) is 0 Å². The van der Waals surface area contributed by atoms with Gasteiger partial charge in [0, 0.05) is 13.2 Å². The van der Waals surface area contributed by atoms with Gasteiger partial charge in [-0.05, 0) is 55.9 Å². The Morgan fingerprint density at radius 1 is 1.08 bits per heavy atom. The van der Waals surface area contributed by atoms with Gasteiger partial charge in [-0.1, -0.05) is 13.8 Å². The van der Waals surface area contributed by atoms with E-state index >= 15 is 0 Å². The summed E-state index contributed by atoms with van der Waals surface area (Å²) in [6, 6.07) is 5.52. The predicted molar refractivity (Wildman–Crippen MR) is 98.6 cm³/mol. The maximum Gasteiger partial charge on any atom is 0.491 e. The lowest BCUT2D eigenvalue weighted by Gasteiger charge is -2.31. The molecular formula is C18H30O6P+. The summed E-state index contributed by atoms with van der Waals surface area (Å²) in [7, 11) is 2.13. The predicted octanol–water partition coefficient (Wildman–Crippen LogP) is 4.23. The van der Waals surface area contributed by atoms with Crippen molar-refractivity contribution in [3.8, 4) is 11.5 Å². The minimum atomic E-state index is -1.17. The van der Waals surface area contributed by atoms with E-state index in [1.807, 2.05) is 32.9 Å². The summed E-state index contributed by atoms with van der Waals surface area (Å²) >= 11 is 0. The van der Waals surface area contributed by atoms with Crippen LogP contribution in [0.4, 0.5) is 0 Å². The number of rotatable bonds is 6. The number of carbonyl (C=O) groups is 1. The molecule has 0 spiro atoms. The standard InChI is InChI=1S/C18H28O4.HO2P/c1-8-18(9-2,21-7)13-10-14(20-6)12-15(11-13)22-16(19)17(3,4)5;1-3-2/h10-12H,8-9H2,1-7H3;3H/p+1. The lowest BCUT2D eigenvalue weighted by Crippen LogP contribution is -2.28. The molecule has 0 saturated heterocycles. The monoisotopic (exact) mass is 373 g/mol. The van der Waals surface area contributed by atoms with Gasteiger partial charge in [0.2, 0.25) is 0 Å². The SMILES string of the molecule is CCC(CC)(OC)c1cc(OC)cc(OC(=O)C(C)(C)C)c1.O=[PH+]O. The van der Waals surface area contributed by atoms with Crippen molar-refractivity contribution in [2.24, 2.45) is 5.41 Å². The van der Waals surface area contributed by atoms with Crippen molar-refractivity contribution in [1.82, 2.24) is 0 Å². The zero-order chi connectivity index (χ0) is 19.7. The number of ether oxygens (including phenoxy) is 3. The van der Waals surface area contributed by atoms with Crippen LogP contribution in [0.5, 0.6) is 11.5 Å². The molecule has 0 amide bonds. The molecule has 142 valence electrons. The number of esters is 1. The summed E-state index contributed by atoms with van der Waals surface area (Å²) in [4.78, 5) is 19.2. The molecule has 0 aliphatic rings. The van der Waals surface area contributed by atoms with Crippen molar-refractivity contribution in [2.45, 2.75) is 53.1 Å². The Kier molecular flexibility index (Phi) is 9.86. The van der Waals surface area contributed by atoms with Gasteiger partial charge < -0.3 is 14.2 Å². The Morgan fingerprint density at radius 2 is 1.56 bits per heavy atom. The fourth-order valence-electron chi connectivity index (χ4n) is 2.34. The van der Waals surface area contributed by atoms with Crippen molar-refractivity contribution < 1.29 is 28.5 Å². The highest BCUT2D eigenvalue weighted by Gasteiger charge is 2.30. The first-order valence-electron chi connectivity index (χ1n) is 8.12. The topological polar surface area (TPSA) is 82.1 Å². The fourth-order valence-corrected chi connectivity index (χ4v) is 2.34. The van der Waals surface area contributed by atoms with Gasteiger partial charge in [0.25, 0.3) is 0 Å². The summed E-state index contributed by atoms with van der Waals surface area (Å²) in [6.07, 6.45) is 1.64. The molecule has 25 heavy (non-hydrogen) atoms. The first-order valence-corrected chi connectivity index (χ1v) is 8.97. The fraction of sp³-hybridized carbons (Fsp3) is 0.611. The molecule has 1 N–H and O–H groups in total. The summed E-state index contributed by atoms with van der Waals surface area (Å²) in [5, 5.41) is 0. The summed E-state index contributed by atoms with van der Waals surface area (Å²) in [5.41, 5.74) is -0.00908. The highest BCUT2D eigenvalue weighted by atomic mass is 31.1. The molecule has 1 aromatic carbocycles. The lowest BCUT2D eigenvalue weighted by atomic mass is 9.88. The minimum absolute atomic E-state index is 0.275. The van der Waals surface area contributed by atoms with E-state index < -0.39 is 19.7 Å². The van der Waals surface area contributed by atoms with E-state index in [1.54, 1.807) is 20.3 Å². The molecule has 1 rings (SSSR count). The van der Waals surface area contributed by atoms with Gasteiger partial charge in [0.05, 0.1) is 18.1 Å². The Balaban J connectivity index is 0.00000178. The lowest BCUT2D eigenvalue weighted by molar-refractivity contribution is -0.143. The molecule has 0 heterocycles. The van der Waals surface area contributed by atoms with Gasteiger partial charge in [-0.15, -0.1) is 0 Å². The van der Waals surface area contributed by atoms with Crippen LogP contribution < -0.4 is 9.47 Å². The normalized spacial score (nSPS) is 11.5. The number of benzene rings is 1. The van der Waals surface area contributed by atoms with E-state index in [0.29, 0.717) is 11.5 Å². The first-order chi connectivity index (χ1) is 11.6. The van der Waals surface area contributed by atoms with Crippen LogP contribution in [-0.2, 0) is 19.7 Å². The van der Waals surface area contributed by atoms with Gasteiger partial charge in [-0.3, -0.25) is 4.79 Å². The first kappa shape index (κ1) is 23.5. The average molecular weight is 373 g/mol. The average Bonchev–Trinajstić information content (AvgIpc) is 2.56. The second-order valence-corrected chi connectivity index (χ2v) is 6.72. The Labute approximate surface area is 151 Å². The van der Waals surface area contributed by atoms with E-state index in [9.17, 15) is 4.79 Å². The Bertz CT molecular complexity index is 553. The maximum atomic E-state index is 12.1. The quantitative estimate of drug-likeness (QED) is 0.457. The van der Waals surface area contributed by atoms with E-state index in [2.05, 4.69) is 13.8 Å². The molecule has 0 aliphatic heterocycles. The minimum Gasteiger partial charge on any atom is -0.497 e. The van der Waals surface area contributed by atoms with Gasteiger partial charge >= 0.3 is 14.7 Å².